The summed E-state index contributed by atoms with van der Waals surface area (Å²) in [5.74, 6) is -0.552. The van der Waals surface area contributed by atoms with E-state index in [0.717, 1.165) is 29.8 Å². The molecule has 0 bridgehead atoms. The minimum Gasteiger partial charge on any atom is -0.457 e. The molecule has 33 heavy (non-hydrogen) atoms. The Balaban J connectivity index is 1.97. The van der Waals surface area contributed by atoms with Crippen molar-refractivity contribution in [2.75, 3.05) is 5.32 Å². The van der Waals surface area contributed by atoms with Crippen LogP contribution in [0.4, 0.5) is 24.5 Å². The van der Waals surface area contributed by atoms with Gasteiger partial charge in [0.05, 0.1) is 16.7 Å². The van der Waals surface area contributed by atoms with Crippen molar-refractivity contribution >= 4 is 28.9 Å². The number of nitro benzene ring substituents is 1. The van der Waals surface area contributed by atoms with E-state index in [1.54, 1.807) is 6.07 Å². The number of aryl methyl sites for hydroxylation is 3. The third-order valence-corrected chi connectivity index (χ3v) is 5.18. The van der Waals surface area contributed by atoms with Crippen LogP contribution in [0.15, 0.2) is 30.3 Å². The molecule has 0 saturated heterocycles. The monoisotopic (exact) mass is 482 g/mol. The highest BCUT2D eigenvalue weighted by molar-refractivity contribution is 6.34. The number of halogens is 4. The minimum absolute atomic E-state index is 0.0516. The summed E-state index contributed by atoms with van der Waals surface area (Å²) in [6, 6.07) is 7.23. The van der Waals surface area contributed by atoms with Crippen molar-refractivity contribution < 1.29 is 27.6 Å². The molecule has 0 radical (unpaired) electrons. The molecule has 1 N–H and O–H groups in total. The Morgan fingerprint density at radius 3 is 2.42 bits per heavy atom. The van der Waals surface area contributed by atoms with Gasteiger partial charge in [0.2, 0.25) is 0 Å². The number of carbonyl (C=O) groups is 1. The zero-order chi connectivity index (χ0) is 24.7. The first-order valence-electron chi connectivity index (χ1n) is 9.44. The summed E-state index contributed by atoms with van der Waals surface area (Å²) in [4.78, 5) is 23.3. The zero-order valence-corrected chi connectivity index (χ0v) is 18.6. The SMILES string of the molecule is Cc1cc(C)c(C)c(Oc2cc(NC(=O)c3nn(C)c(C(F)(F)F)c3Cl)cc([N+](=O)[O-])c2)c1. The number of benzene rings is 2. The molecule has 0 aliphatic heterocycles. The second-order valence-electron chi connectivity index (χ2n) is 7.37. The van der Waals surface area contributed by atoms with Crippen molar-refractivity contribution in [3.05, 3.63) is 73.5 Å². The smallest absolute Gasteiger partial charge is 0.434 e. The lowest BCUT2D eigenvalue weighted by atomic mass is 10.1. The largest absolute Gasteiger partial charge is 0.457 e. The molecule has 1 heterocycles. The minimum atomic E-state index is -4.83. The van der Waals surface area contributed by atoms with Gasteiger partial charge in [-0.2, -0.15) is 18.3 Å². The second-order valence-corrected chi connectivity index (χ2v) is 7.74. The molecule has 3 rings (SSSR count). The van der Waals surface area contributed by atoms with E-state index in [-0.39, 0.29) is 11.4 Å². The number of amides is 1. The third-order valence-electron chi connectivity index (χ3n) is 4.82. The molecule has 0 aliphatic carbocycles. The Morgan fingerprint density at radius 2 is 1.85 bits per heavy atom. The van der Waals surface area contributed by atoms with Crippen LogP contribution in [0, 0.1) is 30.9 Å². The fourth-order valence-electron chi connectivity index (χ4n) is 3.20. The molecular formula is C21H18ClF3N4O4. The molecule has 3 aromatic rings. The summed E-state index contributed by atoms with van der Waals surface area (Å²) in [7, 11) is 0.997. The molecule has 1 amide bonds. The summed E-state index contributed by atoms with van der Waals surface area (Å²) < 4.78 is 45.7. The average molecular weight is 483 g/mol. The van der Waals surface area contributed by atoms with Gasteiger partial charge in [0.1, 0.15) is 16.5 Å². The summed E-state index contributed by atoms with van der Waals surface area (Å²) >= 11 is 5.75. The van der Waals surface area contributed by atoms with E-state index in [1.165, 1.54) is 12.1 Å². The van der Waals surface area contributed by atoms with Crippen molar-refractivity contribution in [3.63, 3.8) is 0 Å². The van der Waals surface area contributed by atoms with E-state index in [9.17, 15) is 28.1 Å². The lowest BCUT2D eigenvalue weighted by molar-refractivity contribution is -0.384. The predicted molar refractivity (Wildman–Crippen MR) is 115 cm³/mol. The molecule has 174 valence electrons. The van der Waals surface area contributed by atoms with Crippen molar-refractivity contribution in [1.82, 2.24) is 9.78 Å². The molecule has 0 saturated carbocycles. The number of nitro groups is 1. The Bertz CT molecular complexity index is 1270. The van der Waals surface area contributed by atoms with Crippen molar-refractivity contribution in [3.8, 4) is 11.5 Å². The van der Waals surface area contributed by atoms with Gasteiger partial charge >= 0.3 is 6.18 Å². The Hall–Kier alpha value is -3.60. The molecular weight excluding hydrogens is 465 g/mol. The maximum Gasteiger partial charge on any atom is 0.434 e. The lowest BCUT2D eigenvalue weighted by Crippen LogP contribution is -2.13. The quantitative estimate of drug-likeness (QED) is 0.357. The Kier molecular flexibility index (Phi) is 6.37. The van der Waals surface area contributed by atoms with Crippen LogP contribution in [0.25, 0.3) is 0 Å². The number of hydrogen-bond donors (Lipinski definition) is 1. The maximum absolute atomic E-state index is 13.1. The van der Waals surface area contributed by atoms with Gasteiger partial charge < -0.3 is 10.1 Å². The molecule has 0 fully saturated rings. The molecule has 8 nitrogen and oxygen atoms in total. The number of aromatic nitrogens is 2. The van der Waals surface area contributed by atoms with Gasteiger partial charge in [0.15, 0.2) is 11.4 Å². The third kappa shape index (κ3) is 5.08. The van der Waals surface area contributed by atoms with Gasteiger partial charge in [-0.3, -0.25) is 19.6 Å². The summed E-state index contributed by atoms with van der Waals surface area (Å²) in [6.45, 7) is 5.58. The van der Waals surface area contributed by atoms with E-state index in [2.05, 4.69) is 10.4 Å². The van der Waals surface area contributed by atoms with E-state index < -0.39 is 39.1 Å². The van der Waals surface area contributed by atoms with Crippen molar-refractivity contribution in [1.29, 1.82) is 0 Å². The first-order chi connectivity index (χ1) is 15.3. The molecule has 12 heteroatoms. The van der Waals surface area contributed by atoms with Crippen LogP contribution in [0.3, 0.4) is 0 Å². The fraction of sp³-hybridized carbons (Fsp3) is 0.238. The number of anilines is 1. The van der Waals surface area contributed by atoms with Gasteiger partial charge in [-0.25, -0.2) is 0 Å². The molecule has 0 aliphatic rings. The topological polar surface area (TPSA) is 99.3 Å². The van der Waals surface area contributed by atoms with Crippen LogP contribution in [0.1, 0.15) is 32.9 Å². The molecule has 0 unspecified atom stereocenters. The van der Waals surface area contributed by atoms with E-state index in [1.807, 2.05) is 26.8 Å². The van der Waals surface area contributed by atoms with E-state index in [0.29, 0.717) is 10.4 Å². The number of carbonyl (C=O) groups excluding carboxylic acids is 1. The molecule has 0 spiro atoms. The summed E-state index contributed by atoms with van der Waals surface area (Å²) in [6.07, 6.45) is -4.83. The number of non-ortho nitro benzene ring substituents is 1. The van der Waals surface area contributed by atoms with Crippen LogP contribution in [0.5, 0.6) is 11.5 Å². The predicted octanol–water partition coefficient (Wildman–Crippen LogP) is 5.97. The Morgan fingerprint density at radius 1 is 1.18 bits per heavy atom. The lowest BCUT2D eigenvalue weighted by Gasteiger charge is -2.13. The van der Waals surface area contributed by atoms with Crippen LogP contribution >= 0.6 is 11.6 Å². The molecule has 2 aromatic carbocycles. The van der Waals surface area contributed by atoms with E-state index in [4.69, 9.17) is 16.3 Å². The van der Waals surface area contributed by atoms with Crippen molar-refractivity contribution in [2.24, 2.45) is 7.05 Å². The average Bonchev–Trinajstić information content (AvgIpc) is 2.99. The van der Waals surface area contributed by atoms with Gasteiger partial charge in [-0.1, -0.05) is 17.7 Å². The zero-order valence-electron chi connectivity index (χ0n) is 17.9. The summed E-state index contributed by atoms with van der Waals surface area (Å²) in [5, 5.41) is 16.3. The fourth-order valence-corrected chi connectivity index (χ4v) is 3.55. The van der Waals surface area contributed by atoms with Crippen LogP contribution in [0.2, 0.25) is 5.02 Å². The number of hydrogen-bond acceptors (Lipinski definition) is 5. The first-order valence-corrected chi connectivity index (χ1v) is 9.82. The van der Waals surface area contributed by atoms with Gasteiger partial charge in [-0.05, 0) is 43.5 Å². The maximum atomic E-state index is 13.1. The van der Waals surface area contributed by atoms with Gasteiger partial charge in [-0.15, -0.1) is 0 Å². The highest BCUT2D eigenvalue weighted by atomic mass is 35.5. The first kappa shape index (κ1) is 24.1. The number of alkyl halides is 3. The number of rotatable bonds is 5. The van der Waals surface area contributed by atoms with Crippen LogP contribution in [-0.2, 0) is 13.2 Å². The Labute approximate surface area is 191 Å². The normalized spacial score (nSPS) is 11.4. The highest BCUT2D eigenvalue weighted by Crippen LogP contribution is 2.37. The molecule has 1 aromatic heterocycles. The highest BCUT2D eigenvalue weighted by Gasteiger charge is 2.40. The number of nitrogens with one attached hydrogen (secondary N) is 1. The summed E-state index contributed by atoms with van der Waals surface area (Å²) in [5.41, 5.74) is 0.243. The van der Waals surface area contributed by atoms with Gasteiger partial charge in [0.25, 0.3) is 11.6 Å². The second kappa shape index (κ2) is 8.74. The molecule has 0 atom stereocenters. The number of nitrogens with zero attached hydrogens (tertiary/aromatic N) is 3. The van der Waals surface area contributed by atoms with Gasteiger partial charge in [0, 0.05) is 19.2 Å². The van der Waals surface area contributed by atoms with Crippen molar-refractivity contribution in [2.45, 2.75) is 26.9 Å². The van der Waals surface area contributed by atoms with Crippen LogP contribution in [-0.4, -0.2) is 20.6 Å². The number of ether oxygens (including phenoxy) is 1. The standard InChI is InChI=1S/C21H18ClF3N4O4/c1-10-5-11(2)12(3)16(6-10)33-15-8-13(7-14(9-15)29(31)32)26-20(30)18-17(22)19(21(23,24)25)28(4)27-18/h5-9H,1-4H3,(H,26,30). The van der Waals surface area contributed by atoms with E-state index >= 15 is 0 Å². The van der Waals surface area contributed by atoms with Crippen LogP contribution < -0.4 is 10.1 Å².